The lowest BCUT2D eigenvalue weighted by molar-refractivity contribution is 1.20. The first kappa shape index (κ1) is 20.5. The van der Waals surface area contributed by atoms with E-state index in [0.29, 0.717) is 0 Å². The van der Waals surface area contributed by atoms with E-state index in [1.165, 1.54) is 5.69 Å². The Morgan fingerprint density at radius 1 is 0.783 bits per heavy atom. The summed E-state index contributed by atoms with van der Waals surface area (Å²) in [4.78, 5) is 0. The van der Waals surface area contributed by atoms with Crippen LogP contribution in [0.4, 0.5) is 11.4 Å². The fraction of sp³-hybridized carbons (Fsp3) is 0.238. The van der Waals surface area contributed by atoms with E-state index in [0.717, 1.165) is 25.2 Å². The molecule has 2 N–H and O–H groups in total. The molecule has 124 valence electrons. The summed E-state index contributed by atoms with van der Waals surface area (Å²) in [6.07, 6.45) is 7.26. The molecule has 0 amide bonds. The normalized spacial score (nSPS) is 9.26. The summed E-state index contributed by atoms with van der Waals surface area (Å²) in [6.45, 7) is 7.49. The van der Waals surface area contributed by atoms with E-state index in [9.17, 15) is 0 Å². The van der Waals surface area contributed by atoms with Crippen LogP contribution >= 0.6 is 0 Å². The van der Waals surface area contributed by atoms with Crippen LogP contribution in [0.1, 0.15) is 20.8 Å². The van der Waals surface area contributed by atoms with Gasteiger partial charge in [0.05, 0.1) is 0 Å². The summed E-state index contributed by atoms with van der Waals surface area (Å²) in [5.41, 5.74) is 2.32. The summed E-state index contributed by atoms with van der Waals surface area (Å²) in [7, 11) is 0. The van der Waals surface area contributed by atoms with Crippen LogP contribution in [0.15, 0.2) is 85.5 Å². The number of hydrogen-bond acceptors (Lipinski definition) is 2. The van der Waals surface area contributed by atoms with Crippen LogP contribution < -0.4 is 10.6 Å². The molecule has 0 spiro atoms. The predicted octanol–water partition coefficient (Wildman–Crippen LogP) is 5.99. The highest BCUT2D eigenvalue weighted by Gasteiger charge is 1.84. The molecule has 0 unspecified atom stereocenters. The zero-order valence-corrected chi connectivity index (χ0v) is 13.3. The minimum Gasteiger partial charge on any atom is -0.382 e. The molecule has 2 aromatic rings. The van der Waals surface area contributed by atoms with Crippen molar-refractivity contribution >= 4 is 11.4 Å². The van der Waals surface area contributed by atoms with Crippen LogP contribution in [0, 0.1) is 0 Å². The maximum atomic E-state index is 3.61. The van der Waals surface area contributed by atoms with Crippen molar-refractivity contribution < 1.29 is 0 Å². The van der Waals surface area contributed by atoms with Crippen LogP contribution in [0.25, 0.3) is 0 Å². The standard InChI is InChI=1S/C11H15N.C9H11N.CH4/c1-2-3-7-10-12-11-8-5-4-6-9-11;1-2-8-10-9-6-4-3-5-7-9;/h3-9,12H,2,10H2,1H3;2-7,10H,1,8H2;1H4. The van der Waals surface area contributed by atoms with Gasteiger partial charge in [-0.25, -0.2) is 0 Å². The van der Waals surface area contributed by atoms with E-state index in [2.05, 4.69) is 48.4 Å². The molecule has 0 radical (unpaired) electrons. The molecule has 0 saturated carbocycles. The Hall–Kier alpha value is -2.48. The molecule has 0 bridgehead atoms. The van der Waals surface area contributed by atoms with E-state index in [4.69, 9.17) is 0 Å². The van der Waals surface area contributed by atoms with Gasteiger partial charge in [0.15, 0.2) is 0 Å². The lowest BCUT2D eigenvalue weighted by atomic mass is 10.3. The zero-order chi connectivity index (χ0) is 15.9. The first-order valence-corrected chi connectivity index (χ1v) is 7.70. The number of hydrogen-bond donors (Lipinski definition) is 2. The zero-order valence-electron chi connectivity index (χ0n) is 13.3. The number of benzene rings is 2. The molecular formula is C21H30N2. The maximum absolute atomic E-state index is 3.61. The number of nitrogens with one attached hydrogen (secondary N) is 2. The van der Waals surface area contributed by atoms with Gasteiger partial charge in [-0.15, -0.1) is 6.58 Å². The SMILES string of the molecule is C.C=CCNc1ccccc1.CCC=CCNc1ccccc1. The van der Waals surface area contributed by atoms with Crippen molar-refractivity contribution in [2.24, 2.45) is 0 Å². The maximum Gasteiger partial charge on any atom is 0.0342 e. The Labute approximate surface area is 142 Å². The molecule has 23 heavy (non-hydrogen) atoms. The van der Waals surface area contributed by atoms with Crippen molar-refractivity contribution in [1.29, 1.82) is 0 Å². The third-order valence-electron chi connectivity index (χ3n) is 2.82. The number of rotatable bonds is 7. The lowest BCUT2D eigenvalue weighted by Crippen LogP contribution is -1.96. The van der Waals surface area contributed by atoms with E-state index in [-0.39, 0.29) is 7.43 Å². The Bertz CT molecular complexity index is 518. The predicted molar refractivity (Wildman–Crippen MR) is 106 cm³/mol. The molecule has 0 saturated heterocycles. The molecule has 0 atom stereocenters. The summed E-state index contributed by atoms with van der Waals surface area (Å²) in [5, 5.41) is 6.47. The topological polar surface area (TPSA) is 24.1 Å². The Morgan fingerprint density at radius 3 is 1.70 bits per heavy atom. The minimum atomic E-state index is 0. The van der Waals surface area contributed by atoms with Gasteiger partial charge in [0, 0.05) is 24.5 Å². The summed E-state index contributed by atoms with van der Waals surface area (Å²) in [6, 6.07) is 20.3. The van der Waals surface area contributed by atoms with E-state index in [1.807, 2.05) is 54.6 Å². The second-order valence-electron chi connectivity index (χ2n) is 4.66. The van der Waals surface area contributed by atoms with Gasteiger partial charge in [-0.1, -0.05) is 69.0 Å². The smallest absolute Gasteiger partial charge is 0.0342 e. The molecular weight excluding hydrogens is 280 g/mol. The fourth-order valence-corrected chi connectivity index (χ4v) is 1.73. The molecule has 2 heteroatoms. The van der Waals surface area contributed by atoms with Gasteiger partial charge < -0.3 is 10.6 Å². The second kappa shape index (κ2) is 14.5. The van der Waals surface area contributed by atoms with Gasteiger partial charge in [-0.2, -0.15) is 0 Å². The number of anilines is 2. The van der Waals surface area contributed by atoms with Crippen LogP contribution in [0.2, 0.25) is 0 Å². The Balaban J connectivity index is 0.000000409. The van der Waals surface area contributed by atoms with Crippen molar-refractivity contribution in [3.8, 4) is 0 Å². The number of para-hydroxylation sites is 2. The first-order chi connectivity index (χ1) is 10.9. The second-order valence-corrected chi connectivity index (χ2v) is 4.66. The molecule has 0 aliphatic rings. The first-order valence-electron chi connectivity index (χ1n) is 7.70. The fourth-order valence-electron chi connectivity index (χ4n) is 1.73. The van der Waals surface area contributed by atoms with Crippen LogP contribution in [0.3, 0.4) is 0 Å². The highest BCUT2D eigenvalue weighted by Crippen LogP contribution is 2.04. The quantitative estimate of drug-likeness (QED) is 0.614. The average Bonchev–Trinajstić information content (AvgIpc) is 2.59. The van der Waals surface area contributed by atoms with Gasteiger partial charge in [0.25, 0.3) is 0 Å². The summed E-state index contributed by atoms with van der Waals surface area (Å²) in [5.74, 6) is 0. The van der Waals surface area contributed by atoms with Crippen LogP contribution in [-0.2, 0) is 0 Å². The molecule has 2 nitrogen and oxygen atoms in total. The highest BCUT2D eigenvalue weighted by atomic mass is 14.9. The van der Waals surface area contributed by atoms with E-state index < -0.39 is 0 Å². The van der Waals surface area contributed by atoms with Crippen molar-refractivity contribution in [3.05, 3.63) is 85.5 Å². The summed E-state index contributed by atoms with van der Waals surface area (Å²) >= 11 is 0. The van der Waals surface area contributed by atoms with Crippen molar-refractivity contribution in [3.63, 3.8) is 0 Å². The highest BCUT2D eigenvalue weighted by molar-refractivity contribution is 5.43. The van der Waals surface area contributed by atoms with Gasteiger partial charge in [-0.05, 0) is 30.7 Å². The van der Waals surface area contributed by atoms with Gasteiger partial charge in [-0.3, -0.25) is 0 Å². The van der Waals surface area contributed by atoms with Gasteiger partial charge >= 0.3 is 0 Å². The van der Waals surface area contributed by atoms with Crippen LogP contribution in [-0.4, -0.2) is 13.1 Å². The van der Waals surface area contributed by atoms with E-state index in [1.54, 1.807) is 0 Å². The Kier molecular flexibility index (Phi) is 12.9. The molecule has 2 rings (SSSR count). The van der Waals surface area contributed by atoms with Crippen molar-refractivity contribution in [2.45, 2.75) is 20.8 Å². The third kappa shape index (κ3) is 10.8. The van der Waals surface area contributed by atoms with Crippen molar-refractivity contribution in [2.75, 3.05) is 23.7 Å². The largest absolute Gasteiger partial charge is 0.382 e. The number of allylic oxidation sites excluding steroid dienone is 1. The monoisotopic (exact) mass is 310 g/mol. The molecule has 2 aromatic carbocycles. The minimum absolute atomic E-state index is 0. The molecule has 0 heterocycles. The van der Waals surface area contributed by atoms with Gasteiger partial charge in [0.1, 0.15) is 0 Å². The van der Waals surface area contributed by atoms with Gasteiger partial charge in [0.2, 0.25) is 0 Å². The summed E-state index contributed by atoms with van der Waals surface area (Å²) < 4.78 is 0. The van der Waals surface area contributed by atoms with Crippen molar-refractivity contribution in [1.82, 2.24) is 0 Å². The lowest BCUT2D eigenvalue weighted by Gasteiger charge is -2.00. The molecule has 0 aliphatic heterocycles. The molecule has 0 aromatic heterocycles. The average molecular weight is 310 g/mol. The molecule has 0 fully saturated rings. The van der Waals surface area contributed by atoms with E-state index >= 15 is 0 Å². The molecule has 0 aliphatic carbocycles. The van der Waals surface area contributed by atoms with Crippen LogP contribution in [0.5, 0.6) is 0 Å². The Morgan fingerprint density at radius 2 is 1.26 bits per heavy atom. The third-order valence-corrected chi connectivity index (χ3v) is 2.82.